The van der Waals surface area contributed by atoms with Crippen LogP contribution in [-0.2, 0) is 6.42 Å². The second kappa shape index (κ2) is 5.54. The summed E-state index contributed by atoms with van der Waals surface area (Å²) in [6.07, 6.45) is 1.39. The van der Waals surface area contributed by atoms with Crippen LogP contribution in [0.15, 0.2) is 18.2 Å². The third-order valence-electron chi connectivity index (χ3n) is 2.62. The van der Waals surface area contributed by atoms with Crippen molar-refractivity contribution in [2.24, 2.45) is 0 Å². The number of thiazole rings is 1. The zero-order chi connectivity index (χ0) is 13.1. The molecule has 1 aromatic heterocycles. The average Bonchev–Trinajstić information content (AvgIpc) is 2.68. The number of rotatable bonds is 4. The Morgan fingerprint density at radius 2 is 2.11 bits per heavy atom. The van der Waals surface area contributed by atoms with Gasteiger partial charge in [0.2, 0.25) is 0 Å². The van der Waals surface area contributed by atoms with Crippen molar-refractivity contribution in [3.8, 4) is 10.6 Å². The van der Waals surface area contributed by atoms with Crippen LogP contribution in [0, 0.1) is 18.6 Å². The standard InChI is InChI=1S/C13H13F2NOS/c1-8-12(3-2-6-17)18-13(16-8)10-5-4-9(14)7-11(10)15/h4-5,7,17H,2-3,6H2,1H3. The maximum atomic E-state index is 13.6. The molecule has 0 saturated carbocycles. The number of aliphatic hydroxyl groups is 1. The van der Waals surface area contributed by atoms with E-state index in [9.17, 15) is 8.78 Å². The number of nitrogens with zero attached hydrogens (tertiary/aromatic N) is 1. The molecule has 2 aromatic rings. The van der Waals surface area contributed by atoms with Gasteiger partial charge < -0.3 is 5.11 Å². The van der Waals surface area contributed by atoms with Crippen LogP contribution in [0.1, 0.15) is 17.0 Å². The fourth-order valence-electron chi connectivity index (χ4n) is 1.68. The average molecular weight is 269 g/mol. The fraction of sp³-hybridized carbons (Fsp3) is 0.308. The minimum Gasteiger partial charge on any atom is -0.396 e. The normalized spacial score (nSPS) is 10.9. The van der Waals surface area contributed by atoms with E-state index in [0.717, 1.165) is 23.1 Å². The Hall–Kier alpha value is -1.33. The number of benzene rings is 1. The molecule has 18 heavy (non-hydrogen) atoms. The number of hydrogen-bond acceptors (Lipinski definition) is 3. The summed E-state index contributed by atoms with van der Waals surface area (Å²) in [5, 5.41) is 9.35. The van der Waals surface area contributed by atoms with E-state index in [0.29, 0.717) is 17.0 Å². The number of aryl methyl sites for hydroxylation is 2. The Balaban J connectivity index is 2.33. The summed E-state index contributed by atoms with van der Waals surface area (Å²) in [5.41, 5.74) is 1.16. The van der Waals surface area contributed by atoms with Gasteiger partial charge in [0.1, 0.15) is 16.6 Å². The van der Waals surface area contributed by atoms with Gasteiger partial charge >= 0.3 is 0 Å². The molecule has 1 aromatic carbocycles. The first-order chi connectivity index (χ1) is 8.61. The number of hydrogen-bond donors (Lipinski definition) is 1. The molecule has 2 nitrogen and oxygen atoms in total. The molecule has 0 saturated heterocycles. The molecule has 1 N–H and O–H groups in total. The maximum absolute atomic E-state index is 13.6. The van der Waals surface area contributed by atoms with Crippen molar-refractivity contribution in [2.45, 2.75) is 19.8 Å². The van der Waals surface area contributed by atoms with Gasteiger partial charge in [0.05, 0.1) is 5.69 Å². The second-order valence-electron chi connectivity index (χ2n) is 3.98. The first kappa shape index (κ1) is 13.1. The second-order valence-corrected chi connectivity index (χ2v) is 5.06. The Bertz CT molecular complexity index is 554. The van der Waals surface area contributed by atoms with E-state index < -0.39 is 11.6 Å². The van der Waals surface area contributed by atoms with Crippen LogP contribution in [0.5, 0.6) is 0 Å². The minimum atomic E-state index is -0.600. The molecule has 0 aliphatic carbocycles. The van der Waals surface area contributed by atoms with Crippen molar-refractivity contribution in [2.75, 3.05) is 6.61 Å². The largest absolute Gasteiger partial charge is 0.396 e. The Morgan fingerprint density at radius 1 is 1.33 bits per heavy atom. The van der Waals surface area contributed by atoms with Crippen LogP contribution in [0.25, 0.3) is 10.6 Å². The first-order valence-electron chi connectivity index (χ1n) is 5.64. The van der Waals surface area contributed by atoms with E-state index in [1.807, 2.05) is 6.92 Å². The molecule has 1 heterocycles. The zero-order valence-corrected chi connectivity index (χ0v) is 10.7. The third-order valence-corrected chi connectivity index (χ3v) is 3.87. The number of halogens is 2. The van der Waals surface area contributed by atoms with Crippen molar-refractivity contribution in [1.82, 2.24) is 4.98 Å². The van der Waals surface area contributed by atoms with Gasteiger partial charge in [-0.15, -0.1) is 11.3 Å². The van der Waals surface area contributed by atoms with Gasteiger partial charge in [0.25, 0.3) is 0 Å². The molecule has 0 radical (unpaired) electrons. The lowest BCUT2D eigenvalue weighted by atomic mass is 10.2. The molecule has 0 bridgehead atoms. The molecular formula is C13H13F2NOS. The highest BCUT2D eigenvalue weighted by molar-refractivity contribution is 7.15. The Labute approximate surface area is 108 Å². The molecule has 0 amide bonds. The predicted molar refractivity (Wildman–Crippen MR) is 67.6 cm³/mol. The molecule has 0 aliphatic heterocycles. The van der Waals surface area contributed by atoms with Crippen LogP contribution in [0.3, 0.4) is 0 Å². The van der Waals surface area contributed by atoms with Gasteiger partial charge in [-0.05, 0) is 31.9 Å². The summed E-state index contributed by atoms with van der Waals surface area (Å²) < 4.78 is 26.4. The summed E-state index contributed by atoms with van der Waals surface area (Å²) in [4.78, 5) is 5.33. The summed E-state index contributed by atoms with van der Waals surface area (Å²) in [6.45, 7) is 1.98. The van der Waals surface area contributed by atoms with Crippen molar-refractivity contribution in [3.05, 3.63) is 40.4 Å². The SMILES string of the molecule is Cc1nc(-c2ccc(F)cc2F)sc1CCCO. The lowest BCUT2D eigenvalue weighted by Gasteiger charge is -1.98. The molecule has 5 heteroatoms. The highest BCUT2D eigenvalue weighted by atomic mass is 32.1. The molecule has 2 rings (SSSR count). The maximum Gasteiger partial charge on any atom is 0.136 e. The summed E-state index contributed by atoms with van der Waals surface area (Å²) >= 11 is 1.39. The van der Waals surface area contributed by atoms with Gasteiger partial charge in [0, 0.05) is 23.1 Å². The van der Waals surface area contributed by atoms with Gasteiger partial charge in [-0.3, -0.25) is 0 Å². The molecule has 0 fully saturated rings. The van der Waals surface area contributed by atoms with E-state index in [-0.39, 0.29) is 6.61 Å². The Morgan fingerprint density at radius 3 is 2.78 bits per heavy atom. The van der Waals surface area contributed by atoms with Crippen LogP contribution in [0.4, 0.5) is 8.78 Å². The zero-order valence-electron chi connectivity index (χ0n) is 9.91. The van der Waals surface area contributed by atoms with Crippen LogP contribution >= 0.6 is 11.3 Å². The van der Waals surface area contributed by atoms with E-state index in [1.165, 1.54) is 23.5 Å². The molecule has 0 spiro atoms. The first-order valence-corrected chi connectivity index (χ1v) is 6.46. The molecule has 0 unspecified atom stereocenters. The lowest BCUT2D eigenvalue weighted by molar-refractivity contribution is 0.289. The van der Waals surface area contributed by atoms with Gasteiger partial charge in [-0.1, -0.05) is 0 Å². The van der Waals surface area contributed by atoms with Gasteiger partial charge in [-0.2, -0.15) is 0 Å². The monoisotopic (exact) mass is 269 g/mol. The Kier molecular flexibility index (Phi) is 4.04. The predicted octanol–water partition coefficient (Wildman–Crippen LogP) is 3.32. The molecular weight excluding hydrogens is 256 g/mol. The molecule has 96 valence electrons. The van der Waals surface area contributed by atoms with E-state index in [1.54, 1.807) is 0 Å². The smallest absolute Gasteiger partial charge is 0.136 e. The summed E-state index contributed by atoms with van der Waals surface area (Å²) in [7, 11) is 0. The minimum absolute atomic E-state index is 0.123. The van der Waals surface area contributed by atoms with Gasteiger partial charge in [-0.25, -0.2) is 13.8 Å². The van der Waals surface area contributed by atoms with Crippen molar-refractivity contribution < 1.29 is 13.9 Å². The van der Waals surface area contributed by atoms with Crippen LogP contribution in [0.2, 0.25) is 0 Å². The highest BCUT2D eigenvalue weighted by Crippen LogP contribution is 2.30. The van der Waals surface area contributed by atoms with Crippen LogP contribution < -0.4 is 0 Å². The van der Waals surface area contributed by atoms with Crippen molar-refractivity contribution in [3.63, 3.8) is 0 Å². The summed E-state index contributed by atoms with van der Waals surface area (Å²) in [6, 6.07) is 3.49. The molecule has 0 atom stereocenters. The molecule has 0 aliphatic rings. The van der Waals surface area contributed by atoms with Crippen LogP contribution in [-0.4, -0.2) is 16.7 Å². The quantitative estimate of drug-likeness (QED) is 0.923. The number of aliphatic hydroxyl groups excluding tert-OH is 1. The lowest BCUT2D eigenvalue weighted by Crippen LogP contribution is -1.88. The van der Waals surface area contributed by atoms with E-state index in [2.05, 4.69) is 4.98 Å². The topological polar surface area (TPSA) is 33.1 Å². The van der Waals surface area contributed by atoms with E-state index in [4.69, 9.17) is 5.11 Å². The highest BCUT2D eigenvalue weighted by Gasteiger charge is 2.13. The number of aromatic nitrogens is 1. The van der Waals surface area contributed by atoms with Gasteiger partial charge in [0.15, 0.2) is 0 Å². The van der Waals surface area contributed by atoms with E-state index >= 15 is 0 Å². The van der Waals surface area contributed by atoms with Crippen molar-refractivity contribution >= 4 is 11.3 Å². The summed E-state index contributed by atoms with van der Waals surface area (Å²) in [5.74, 6) is -1.19. The fourth-order valence-corrected chi connectivity index (χ4v) is 2.81. The third kappa shape index (κ3) is 2.73. The van der Waals surface area contributed by atoms with Crippen molar-refractivity contribution in [1.29, 1.82) is 0 Å².